The van der Waals surface area contributed by atoms with Crippen molar-refractivity contribution in [2.45, 2.75) is 13.8 Å². The van der Waals surface area contributed by atoms with Crippen molar-refractivity contribution in [1.82, 2.24) is 0 Å². The van der Waals surface area contributed by atoms with Gasteiger partial charge in [-0.1, -0.05) is 17.7 Å². The second kappa shape index (κ2) is 9.79. The number of anilines is 3. The van der Waals surface area contributed by atoms with Crippen LogP contribution in [0, 0.1) is 6.92 Å². The molecule has 174 valence electrons. The first-order chi connectivity index (χ1) is 16.3. The van der Waals surface area contributed by atoms with Gasteiger partial charge in [-0.3, -0.25) is 9.59 Å². The molecule has 0 aromatic heterocycles. The van der Waals surface area contributed by atoms with Gasteiger partial charge in [0.25, 0.3) is 5.91 Å². The summed E-state index contributed by atoms with van der Waals surface area (Å²) in [7, 11) is 0. The van der Waals surface area contributed by atoms with Gasteiger partial charge in [-0.25, -0.2) is 4.79 Å². The van der Waals surface area contributed by atoms with E-state index in [2.05, 4.69) is 15.1 Å². The van der Waals surface area contributed by atoms with Crippen LogP contribution >= 0.6 is 0 Å². The lowest BCUT2D eigenvalue weighted by molar-refractivity contribution is 0.0697. The fraction of sp³-hybridized carbons (Fsp3) is 0.222. The SMILES string of the molecule is CC(=O)c1ccc(N2CCN(c3ccc(NC(=O)c4cccc(C)c4)cc3C(=O)O)CC2)cc1. The third-order valence-corrected chi connectivity index (χ3v) is 6.02. The molecular weight excluding hydrogens is 430 g/mol. The first-order valence-corrected chi connectivity index (χ1v) is 11.2. The normalized spacial score (nSPS) is 13.5. The predicted molar refractivity (Wildman–Crippen MR) is 133 cm³/mol. The number of aromatic carboxylic acids is 1. The molecule has 4 rings (SSSR count). The van der Waals surface area contributed by atoms with Crippen molar-refractivity contribution in [3.63, 3.8) is 0 Å². The van der Waals surface area contributed by atoms with E-state index in [9.17, 15) is 19.5 Å². The van der Waals surface area contributed by atoms with Crippen LogP contribution in [0.5, 0.6) is 0 Å². The molecule has 0 bridgehead atoms. The van der Waals surface area contributed by atoms with Crippen molar-refractivity contribution >= 4 is 34.7 Å². The van der Waals surface area contributed by atoms with Crippen LogP contribution in [0.1, 0.15) is 43.6 Å². The van der Waals surface area contributed by atoms with Crippen LogP contribution in [-0.4, -0.2) is 48.9 Å². The second-order valence-electron chi connectivity index (χ2n) is 8.44. The van der Waals surface area contributed by atoms with Crippen LogP contribution in [0.2, 0.25) is 0 Å². The lowest BCUT2D eigenvalue weighted by atomic mass is 10.1. The number of carbonyl (C=O) groups excluding carboxylic acids is 2. The quantitative estimate of drug-likeness (QED) is 0.531. The van der Waals surface area contributed by atoms with Gasteiger partial charge in [0.1, 0.15) is 0 Å². The number of carboxylic acids is 1. The summed E-state index contributed by atoms with van der Waals surface area (Å²) in [6.07, 6.45) is 0. The van der Waals surface area contributed by atoms with Crippen LogP contribution in [0.3, 0.4) is 0 Å². The zero-order valence-electron chi connectivity index (χ0n) is 19.2. The lowest BCUT2D eigenvalue weighted by Crippen LogP contribution is -2.47. The fourth-order valence-corrected chi connectivity index (χ4v) is 4.16. The van der Waals surface area contributed by atoms with E-state index < -0.39 is 5.97 Å². The molecule has 1 amide bonds. The highest BCUT2D eigenvalue weighted by Gasteiger charge is 2.22. The highest BCUT2D eigenvalue weighted by Crippen LogP contribution is 2.27. The van der Waals surface area contributed by atoms with E-state index in [-0.39, 0.29) is 17.3 Å². The van der Waals surface area contributed by atoms with Gasteiger partial charge >= 0.3 is 5.97 Å². The summed E-state index contributed by atoms with van der Waals surface area (Å²) in [6, 6.07) is 19.8. The lowest BCUT2D eigenvalue weighted by Gasteiger charge is -2.38. The maximum Gasteiger partial charge on any atom is 0.337 e. The van der Waals surface area contributed by atoms with Crippen LogP contribution in [0.25, 0.3) is 0 Å². The Bertz CT molecular complexity index is 1230. The average molecular weight is 458 g/mol. The van der Waals surface area contributed by atoms with E-state index in [0.29, 0.717) is 35.6 Å². The summed E-state index contributed by atoms with van der Waals surface area (Å²) in [5.41, 5.74) is 4.45. The number of carbonyl (C=O) groups is 3. The molecule has 1 aliphatic heterocycles. The number of hydrogen-bond acceptors (Lipinski definition) is 5. The number of benzene rings is 3. The average Bonchev–Trinajstić information content (AvgIpc) is 2.84. The first kappa shape index (κ1) is 23.0. The Kier molecular flexibility index (Phi) is 6.63. The maximum atomic E-state index is 12.6. The number of rotatable bonds is 6. The number of nitrogens with zero attached hydrogens (tertiary/aromatic N) is 2. The van der Waals surface area contributed by atoms with Gasteiger partial charge in [0.2, 0.25) is 0 Å². The van der Waals surface area contributed by atoms with Crippen molar-refractivity contribution in [3.8, 4) is 0 Å². The Morgan fingerprint density at radius 1 is 0.824 bits per heavy atom. The topological polar surface area (TPSA) is 90.0 Å². The third kappa shape index (κ3) is 5.09. The van der Waals surface area contributed by atoms with E-state index in [4.69, 9.17) is 0 Å². The summed E-state index contributed by atoms with van der Waals surface area (Å²) >= 11 is 0. The van der Waals surface area contributed by atoms with Crippen molar-refractivity contribution in [3.05, 3.63) is 89.0 Å². The van der Waals surface area contributed by atoms with E-state index in [1.165, 1.54) is 6.07 Å². The summed E-state index contributed by atoms with van der Waals surface area (Å²) in [5.74, 6) is -1.28. The standard InChI is InChI=1S/C27H27N3O4/c1-18-4-3-5-21(16-18)26(32)28-22-8-11-25(24(17-22)27(33)34)30-14-12-29(13-15-30)23-9-6-20(7-10-23)19(2)31/h3-11,16-17H,12-15H2,1-2H3,(H,28,32)(H,33,34). The predicted octanol–water partition coefficient (Wildman–Crippen LogP) is 4.47. The first-order valence-electron chi connectivity index (χ1n) is 11.2. The summed E-state index contributed by atoms with van der Waals surface area (Å²) in [5, 5.41) is 12.6. The molecule has 0 aliphatic carbocycles. The van der Waals surface area contributed by atoms with E-state index in [0.717, 1.165) is 24.3 Å². The van der Waals surface area contributed by atoms with Crippen LogP contribution in [-0.2, 0) is 0 Å². The second-order valence-corrected chi connectivity index (χ2v) is 8.44. The molecule has 0 saturated carbocycles. The third-order valence-electron chi connectivity index (χ3n) is 6.02. The Hall–Kier alpha value is -4.13. The molecule has 2 N–H and O–H groups in total. The molecule has 1 fully saturated rings. The van der Waals surface area contributed by atoms with E-state index >= 15 is 0 Å². The van der Waals surface area contributed by atoms with Gasteiger partial charge in [-0.05, 0) is 68.4 Å². The number of piperazine rings is 1. The van der Waals surface area contributed by atoms with Crippen molar-refractivity contribution in [1.29, 1.82) is 0 Å². The van der Waals surface area contributed by atoms with Gasteiger partial charge in [0.15, 0.2) is 5.78 Å². The summed E-state index contributed by atoms with van der Waals surface area (Å²) in [6.45, 7) is 6.23. The zero-order chi connectivity index (χ0) is 24.2. The number of Topliss-reactive ketones (excluding diaryl/α,β-unsaturated/α-hetero) is 1. The number of amides is 1. The minimum Gasteiger partial charge on any atom is -0.478 e. The van der Waals surface area contributed by atoms with Crippen molar-refractivity contribution in [2.75, 3.05) is 41.3 Å². The van der Waals surface area contributed by atoms with Gasteiger partial charge < -0.3 is 20.2 Å². The molecule has 0 radical (unpaired) electrons. The Balaban J connectivity index is 1.46. The fourth-order valence-electron chi connectivity index (χ4n) is 4.16. The molecule has 0 atom stereocenters. The molecule has 1 aliphatic rings. The largest absolute Gasteiger partial charge is 0.478 e. The summed E-state index contributed by atoms with van der Waals surface area (Å²) < 4.78 is 0. The summed E-state index contributed by atoms with van der Waals surface area (Å²) in [4.78, 5) is 40.4. The zero-order valence-corrected chi connectivity index (χ0v) is 19.2. The number of nitrogens with one attached hydrogen (secondary N) is 1. The number of aryl methyl sites for hydroxylation is 1. The highest BCUT2D eigenvalue weighted by molar-refractivity contribution is 6.05. The van der Waals surface area contributed by atoms with E-state index in [1.807, 2.05) is 43.3 Å². The number of ketones is 1. The van der Waals surface area contributed by atoms with Gasteiger partial charge in [-0.2, -0.15) is 0 Å². The highest BCUT2D eigenvalue weighted by atomic mass is 16.4. The van der Waals surface area contributed by atoms with E-state index in [1.54, 1.807) is 31.2 Å². The molecule has 7 heteroatoms. The molecule has 1 heterocycles. The molecule has 3 aromatic rings. The van der Waals surface area contributed by atoms with Gasteiger partial charge in [0, 0.05) is 48.7 Å². The molecular formula is C27H27N3O4. The van der Waals surface area contributed by atoms with Crippen molar-refractivity contribution in [2.24, 2.45) is 0 Å². The smallest absolute Gasteiger partial charge is 0.337 e. The Labute approximate surface area is 198 Å². The molecule has 3 aromatic carbocycles. The Morgan fingerprint density at radius 2 is 1.50 bits per heavy atom. The number of hydrogen-bond donors (Lipinski definition) is 2. The minimum absolute atomic E-state index is 0.0380. The van der Waals surface area contributed by atoms with Gasteiger partial charge in [-0.15, -0.1) is 0 Å². The minimum atomic E-state index is -1.04. The maximum absolute atomic E-state index is 12.6. The Morgan fingerprint density at radius 3 is 2.12 bits per heavy atom. The van der Waals surface area contributed by atoms with Crippen molar-refractivity contribution < 1.29 is 19.5 Å². The number of carboxylic acid groups (broad SMARTS) is 1. The molecule has 0 spiro atoms. The molecule has 7 nitrogen and oxygen atoms in total. The van der Waals surface area contributed by atoms with Gasteiger partial charge in [0.05, 0.1) is 11.3 Å². The van der Waals surface area contributed by atoms with Crippen LogP contribution in [0.4, 0.5) is 17.1 Å². The molecule has 34 heavy (non-hydrogen) atoms. The monoisotopic (exact) mass is 457 g/mol. The molecule has 1 saturated heterocycles. The van der Waals surface area contributed by atoms with Crippen LogP contribution < -0.4 is 15.1 Å². The molecule has 0 unspecified atom stereocenters. The van der Waals surface area contributed by atoms with Crippen LogP contribution in [0.15, 0.2) is 66.7 Å².